The minimum atomic E-state index is 0.194. The maximum Gasteiger partial charge on any atom is 0.205 e. The van der Waals surface area contributed by atoms with Crippen molar-refractivity contribution in [1.29, 1.82) is 0 Å². The number of aromatic nitrogens is 5. The Balaban J connectivity index is 2.12. The maximum atomic E-state index is 5.99. The highest BCUT2D eigenvalue weighted by Gasteiger charge is 2.10. The number of hydrogen-bond acceptors (Lipinski definition) is 4. The number of benzene rings is 1. The van der Waals surface area contributed by atoms with Crippen LogP contribution in [0.25, 0.3) is 22.3 Å². The molecule has 1 aromatic carbocycles. The van der Waals surface area contributed by atoms with Gasteiger partial charge in [0.05, 0.1) is 17.2 Å². The average molecular weight is 242 g/mol. The molecule has 2 aromatic heterocycles. The van der Waals surface area contributed by atoms with Gasteiger partial charge in [0, 0.05) is 17.1 Å². The Morgan fingerprint density at radius 2 is 2.17 bits per heavy atom. The molecule has 0 radical (unpaired) electrons. The number of nitrogen functional groups attached to an aromatic ring is 1. The zero-order valence-corrected chi connectivity index (χ0v) is 10.3. The topological polar surface area (TPSA) is 85.4 Å². The largest absolute Gasteiger partial charge is 0.397 e. The van der Waals surface area contributed by atoms with Crippen LogP contribution >= 0.6 is 0 Å². The lowest BCUT2D eigenvalue weighted by Crippen LogP contribution is -2.04. The molecule has 6 heteroatoms. The van der Waals surface area contributed by atoms with Crippen molar-refractivity contribution in [2.45, 2.75) is 19.9 Å². The minimum absolute atomic E-state index is 0.194. The van der Waals surface area contributed by atoms with Crippen molar-refractivity contribution in [3.8, 4) is 11.4 Å². The van der Waals surface area contributed by atoms with Gasteiger partial charge in [-0.2, -0.15) is 4.80 Å². The minimum Gasteiger partial charge on any atom is -0.397 e. The summed E-state index contributed by atoms with van der Waals surface area (Å²) in [6.45, 7) is 4.02. The molecule has 0 unspecified atom stereocenters. The summed E-state index contributed by atoms with van der Waals surface area (Å²) in [5.74, 6) is 0.596. The van der Waals surface area contributed by atoms with E-state index in [0.717, 1.165) is 16.5 Å². The molecule has 0 amide bonds. The predicted molar refractivity (Wildman–Crippen MR) is 69.9 cm³/mol. The molecule has 3 aromatic rings. The van der Waals surface area contributed by atoms with Crippen molar-refractivity contribution in [2.75, 3.05) is 5.73 Å². The molecule has 0 spiro atoms. The van der Waals surface area contributed by atoms with E-state index in [2.05, 4.69) is 20.4 Å². The highest BCUT2D eigenvalue weighted by atomic mass is 15.6. The summed E-state index contributed by atoms with van der Waals surface area (Å²) in [6.07, 6.45) is 1.86. The highest BCUT2D eigenvalue weighted by molar-refractivity contribution is 5.93. The van der Waals surface area contributed by atoms with Crippen LogP contribution in [0.3, 0.4) is 0 Å². The van der Waals surface area contributed by atoms with Crippen LogP contribution in [0.4, 0.5) is 5.69 Å². The lowest BCUT2D eigenvalue weighted by atomic mass is 10.1. The van der Waals surface area contributed by atoms with Gasteiger partial charge in [0.2, 0.25) is 5.82 Å². The summed E-state index contributed by atoms with van der Waals surface area (Å²) in [5, 5.41) is 13.5. The van der Waals surface area contributed by atoms with Gasteiger partial charge in [0.25, 0.3) is 0 Å². The fraction of sp³-hybridized carbons (Fsp3) is 0.250. The van der Waals surface area contributed by atoms with Crippen LogP contribution in [0.15, 0.2) is 24.4 Å². The van der Waals surface area contributed by atoms with Crippen LogP contribution in [0, 0.1) is 0 Å². The number of hydrogen-bond donors (Lipinski definition) is 2. The van der Waals surface area contributed by atoms with E-state index in [1.54, 1.807) is 4.80 Å². The maximum absolute atomic E-state index is 5.99. The first kappa shape index (κ1) is 10.8. The van der Waals surface area contributed by atoms with Gasteiger partial charge in [-0.3, -0.25) is 0 Å². The second-order valence-corrected chi connectivity index (χ2v) is 4.53. The number of nitrogens with one attached hydrogen (secondary N) is 1. The van der Waals surface area contributed by atoms with E-state index in [0.29, 0.717) is 11.5 Å². The lowest BCUT2D eigenvalue weighted by Gasteiger charge is -2.01. The van der Waals surface area contributed by atoms with Crippen molar-refractivity contribution in [2.24, 2.45) is 0 Å². The highest BCUT2D eigenvalue weighted by Crippen LogP contribution is 2.26. The van der Waals surface area contributed by atoms with Crippen molar-refractivity contribution in [3.63, 3.8) is 0 Å². The van der Waals surface area contributed by atoms with Gasteiger partial charge < -0.3 is 10.7 Å². The van der Waals surface area contributed by atoms with E-state index in [1.807, 2.05) is 38.2 Å². The van der Waals surface area contributed by atoms with E-state index >= 15 is 0 Å². The van der Waals surface area contributed by atoms with Gasteiger partial charge >= 0.3 is 0 Å². The second-order valence-electron chi connectivity index (χ2n) is 4.53. The third kappa shape index (κ3) is 1.62. The molecule has 6 nitrogen and oxygen atoms in total. The van der Waals surface area contributed by atoms with Gasteiger partial charge in [-0.25, -0.2) is 0 Å². The summed E-state index contributed by atoms with van der Waals surface area (Å²) < 4.78 is 0. The quantitative estimate of drug-likeness (QED) is 0.673. The molecule has 0 fully saturated rings. The SMILES string of the molecule is CC(C)n1nnc(-c2cc(N)c3[nH]ccc3c2)n1. The standard InChI is InChI=1S/C12H14N6/c1-7(2)18-16-12(15-17-18)9-5-8-3-4-14-11(8)10(13)6-9/h3-7,14H,13H2,1-2H3. The monoisotopic (exact) mass is 242 g/mol. The van der Waals surface area contributed by atoms with Crippen LogP contribution in [0.1, 0.15) is 19.9 Å². The van der Waals surface area contributed by atoms with Gasteiger partial charge in [0.15, 0.2) is 0 Å². The van der Waals surface area contributed by atoms with Crippen molar-refractivity contribution >= 4 is 16.6 Å². The fourth-order valence-electron chi connectivity index (χ4n) is 1.89. The zero-order valence-electron chi connectivity index (χ0n) is 10.3. The van der Waals surface area contributed by atoms with Crippen LogP contribution in [-0.4, -0.2) is 25.2 Å². The second kappa shape index (κ2) is 3.83. The molecule has 0 saturated heterocycles. The third-order valence-electron chi connectivity index (χ3n) is 2.84. The van der Waals surface area contributed by atoms with Crippen LogP contribution in [0.2, 0.25) is 0 Å². The molecule has 3 rings (SSSR count). The van der Waals surface area contributed by atoms with Gasteiger partial charge in [-0.05, 0) is 37.3 Å². The predicted octanol–water partition coefficient (Wildman–Crippen LogP) is 1.98. The molecule has 0 aliphatic heterocycles. The Bertz CT molecular complexity index is 693. The first-order chi connectivity index (χ1) is 8.65. The summed E-state index contributed by atoms with van der Waals surface area (Å²) >= 11 is 0. The van der Waals surface area contributed by atoms with E-state index in [9.17, 15) is 0 Å². The first-order valence-electron chi connectivity index (χ1n) is 5.81. The molecule has 0 aliphatic rings. The number of fused-ring (bicyclic) bond motifs is 1. The summed E-state index contributed by atoms with van der Waals surface area (Å²) in [7, 11) is 0. The van der Waals surface area contributed by atoms with Gasteiger partial charge in [-0.1, -0.05) is 0 Å². The normalized spacial score (nSPS) is 11.5. The van der Waals surface area contributed by atoms with Crippen LogP contribution in [0.5, 0.6) is 0 Å². The Kier molecular flexibility index (Phi) is 2.29. The molecule has 92 valence electrons. The zero-order chi connectivity index (χ0) is 12.7. The molecule has 2 heterocycles. The first-order valence-corrected chi connectivity index (χ1v) is 5.81. The number of nitrogens with zero attached hydrogens (tertiary/aromatic N) is 4. The Morgan fingerprint density at radius 1 is 1.33 bits per heavy atom. The molecular formula is C12H14N6. The number of nitrogens with two attached hydrogens (primary N) is 1. The third-order valence-corrected chi connectivity index (χ3v) is 2.84. The molecule has 0 aliphatic carbocycles. The number of aromatic amines is 1. The Hall–Kier alpha value is -2.37. The fourth-order valence-corrected chi connectivity index (χ4v) is 1.89. The van der Waals surface area contributed by atoms with E-state index in [4.69, 9.17) is 5.73 Å². The van der Waals surface area contributed by atoms with E-state index < -0.39 is 0 Å². The Labute approximate surface area is 104 Å². The summed E-state index contributed by atoms with van der Waals surface area (Å²) in [4.78, 5) is 4.69. The molecule has 0 atom stereocenters. The average Bonchev–Trinajstić information content (AvgIpc) is 2.97. The molecule has 0 bridgehead atoms. The molecule has 3 N–H and O–H groups in total. The van der Waals surface area contributed by atoms with Crippen molar-refractivity contribution in [3.05, 3.63) is 24.4 Å². The van der Waals surface area contributed by atoms with E-state index in [1.165, 1.54) is 0 Å². The molecule has 0 saturated carbocycles. The van der Waals surface area contributed by atoms with Crippen LogP contribution < -0.4 is 5.73 Å². The smallest absolute Gasteiger partial charge is 0.205 e. The summed E-state index contributed by atoms with van der Waals surface area (Å²) in [6, 6.07) is 6.03. The summed E-state index contributed by atoms with van der Waals surface area (Å²) in [5.41, 5.74) is 8.50. The molecular weight excluding hydrogens is 228 g/mol. The molecule has 18 heavy (non-hydrogen) atoms. The number of rotatable bonds is 2. The Morgan fingerprint density at radius 3 is 2.89 bits per heavy atom. The number of H-pyrrole nitrogens is 1. The van der Waals surface area contributed by atoms with Crippen LogP contribution in [-0.2, 0) is 0 Å². The van der Waals surface area contributed by atoms with E-state index in [-0.39, 0.29) is 6.04 Å². The van der Waals surface area contributed by atoms with Gasteiger partial charge in [0.1, 0.15) is 0 Å². The number of tetrazole rings is 1. The van der Waals surface area contributed by atoms with Gasteiger partial charge in [-0.15, -0.1) is 10.2 Å². The lowest BCUT2D eigenvalue weighted by molar-refractivity contribution is 0.455. The van der Waals surface area contributed by atoms with Crippen molar-refractivity contribution in [1.82, 2.24) is 25.2 Å². The van der Waals surface area contributed by atoms with Crippen molar-refractivity contribution < 1.29 is 0 Å². The number of anilines is 1.